The van der Waals surface area contributed by atoms with Crippen molar-refractivity contribution >= 4 is 17.1 Å². The van der Waals surface area contributed by atoms with Crippen molar-refractivity contribution < 1.29 is 0 Å². The van der Waals surface area contributed by atoms with Gasteiger partial charge in [0.15, 0.2) is 5.65 Å². The molecule has 0 radical (unpaired) electrons. The second kappa shape index (κ2) is 4.94. The fraction of sp³-hybridized carbons (Fsp3) is 0.538. The van der Waals surface area contributed by atoms with Crippen LogP contribution in [0.2, 0.25) is 0 Å². The molecular weight excluding hydrogens is 226 g/mol. The molecular formula is C13H19N5. The summed E-state index contributed by atoms with van der Waals surface area (Å²) in [6, 6.07) is 4.41. The number of likely N-dealkylation sites (N-methyl/N-ethyl adjacent to an activating group) is 1. The monoisotopic (exact) mass is 245 g/mol. The third-order valence-corrected chi connectivity index (χ3v) is 3.55. The van der Waals surface area contributed by atoms with E-state index in [9.17, 15) is 0 Å². The lowest BCUT2D eigenvalue weighted by Gasteiger charge is -2.32. The van der Waals surface area contributed by atoms with Crippen LogP contribution in [0.3, 0.4) is 0 Å². The Hall–Kier alpha value is -1.62. The maximum atomic E-state index is 4.46. The molecule has 2 aromatic rings. The number of piperidine rings is 1. The molecule has 1 atom stereocenters. The first-order valence-corrected chi connectivity index (χ1v) is 6.65. The van der Waals surface area contributed by atoms with Crippen LogP contribution in [0.1, 0.15) is 19.8 Å². The molecule has 1 aliphatic heterocycles. The van der Waals surface area contributed by atoms with Crippen molar-refractivity contribution in [1.29, 1.82) is 0 Å². The highest BCUT2D eigenvalue weighted by atomic mass is 15.2. The van der Waals surface area contributed by atoms with E-state index in [4.69, 9.17) is 0 Å². The summed E-state index contributed by atoms with van der Waals surface area (Å²) in [6.45, 7) is 5.66. The second-order valence-corrected chi connectivity index (χ2v) is 4.84. The number of hydrogen-bond acceptors (Lipinski definition) is 4. The highest BCUT2D eigenvalue weighted by molar-refractivity contribution is 5.72. The van der Waals surface area contributed by atoms with E-state index in [-0.39, 0.29) is 0 Å². The molecule has 5 heteroatoms. The molecule has 0 bridgehead atoms. The Labute approximate surface area is 107 Å². The minimum atomic E-state index is 0.485. The number of aromatic nitrogens is 3. The van der Waals surface area contributed by atoms with E-state index < -0.39 is 0 Å². The quantitative estimate of drug-likeness (QED) is 0.866. The summed E-state index contributed by atoms with van der Waals surface area (Å²) in [4.78, 5) is 14.4. The first-order valence-electron chi connectivity index (χ1n) is 6.65. The SMILES string of the molecule is CCN1CCCC(Nc2nc3ncccc3[nH]2)C1. The van der Waals surface area contributed by atoms with E-state index in [1.807, 2.05) is 12.1 Å². The summed E-state index contributed by atoms with van der Waals surface area (Å²) < 4.78 is 0. The van der Waals surface area contributed by atoms with Crippen molar-refractivity contribution in [2.45, 2.75) is 25.8 Å². The van der Waals surface area contributed by atoms with Crippen molar-refractivity contribution in [2.24, 2.45) is 0 Å². The van der Waals surface area contributed by atoms with Crippen LogP contribution in [0.15, 0.2) is 18.3 Å². The van der Waals surface area contributed by atoms with Crippen LogP contribution in [0, 0.1) is 0 Å². The largest absolute Gasteiger partial charge is 0.352 e. The molecule has 1 saturated heterocycles. The smallest absolute Gasteiger partial charge is 0.202 e. The topological polar surface area (TPSA) is 56.8 Å². The van der Waals surface area contributed by atoms with Gasteiger partial charge in [-0.25, -0.2) is 4.98 Å². The molecule has 3 rings (SSSR count). The molecule has 5 nitrogen and oxygen atoms in total. The zero-order valence-corrected chi connectivity index (χ0v) is 10.7. The molecule has 96 valence electrons. The molecule has 1 aliphatic rings. The van der Waals surface area contributed by atoms with E-state index in [1.54, 1.807) is 6.20 Å². The van der Waals surface area contributed by atoms with Gasteiger partial charge >= 0.3 is 0 Å². The lowest BCUT2D eigenvalue weighted by molar-refractivity contribution is 0.226. The average molecular weight is 245 g/mol. The van der Waals surface area contributed by atoms with Crippen LogP contribution in [0.4, 0.5) is 5.95 Å². The molecule has 18 heavy (non-hydrogen) atoms. The van der Waals surface area contributed by atoms with Crippen LogP contribution in [-0.4, -0.2) is 45.5 Å². The van der Waals surface area contributed by atoms with Crippen LogP contribution < -0.4 is 5.32 Å². The van der Waals surface area contributed by atoms with Gasteiger partial charge in [0.25, 0.3) is 0 Å². The van der Waals surface area contributed by atoms with Gasteiger partial charge in [0, 0.05) is 18.8 Å². The summed E-state index contributed by atoms with van der Waals surface area (Å²) in [6.07, 6.45) is 4.23. The Kier molecular flexibility index (Phi) is 3.15. The second-order valence-electron chi connectivity index (χ2n) is 4.84. The standard InChI is InChI=1S/C13H19N5/c1-2-18-8-4-5-10(9-18)15-13-16-11-6-3-7-14-12(11)17-13/h3,6-7,10H,2,4-5,8-9H2,1H3,(H2,14,15,16,17). The van der Waals surface area contributed by atoms with Gasteiger partial charge in [0.1, 0.15) is 0 Å². The summed E-state index contributed by atoms with van der Waals surface area (Å²) in [5, 5.41) is 3.49. The van der Waals surface area contributed by atoms with Gasteiger partial charge in [-0.3, -0.25) is 0 Å². The average Bonchev–Trinajstić information content (AvgIpc) is 2.81. The number of imidazole rings is 1. The number of anilines is 1. The first-order chi connectivity index (χ1) is 8.85. The number of hydrogen-bond donors (Lipinski definition) is 2. The molecule has 3 heterocycles. The number of rotatable bonds is 3. The van der Waals surface area contributed by atoms with E-state index >= 15 is 0 Å². The Balaban J connectivity index is 1.71. The van der Waals surface area contributed by atoms with Crippen molar-refractivity contribution in [1.82, 2.24) is 19.9 Å². The van der Waals surface area contributed by atoms with Crippen LogP contribution in [0.5, 0.6) is 0 Å². The van der Waals surface area contributed by atoms with Gasteiger partial charge < -0.3 is 15.2 Å². The summed E-state index contributed by atoms with van der Waals surface area (Å²) >= 11 is 0. The zero-order valence-electron chi connectivity index (χ0n) is 10.7. The summed E-state index contributed by atoms with van der Waals surface area (Å²) in [7, 11) is 0. The fourth-order valence-corrected chi connectivity index (χ4v) is 2.57. The van der Waals surface area contributed by atoms with Crippen LogP contribution in [-0.2, 0) is 0 Å². The van der Waals surface area contributed by atoms with E-state index in [0.717, 1.165) is 30.2 Å². The van der Waals surface area contributed by atoms with E-state index in [1.165, 1.54) is 19.4 Å². The van der Waals surface area contributed by atoms with Gasteiger partial charge in [-0.1, -0.05) is 6.92 Å². The Morgan fingerprint density at radius 1 is 1.56 bits per heavy atom. The third-order valence-electron chi connectivity index (χ3n) is 3.55. The molecule has 0 saturated carbocycles. The predicted octanol–water partition coefficient (Wildman–Crippen LogP) is 1.85. The number of aromatic amines is 1. The third kappa shape index (κ3) is 2.31. The normalized spacial score (nSPS) is 21.3. The Morgan fingerprint density at radius 2 is 2.50 bits per heavy atom. The highest BCUT2D eigenvalue weighted by Crippen LogP contribution is 2.16. The summed E-state index contributed by atoms with van der Waals surface area (Å²) in [5.74, 6) is 0.839. The molecule has 0 amide bonds. The predicted molar refractivity (Wildman–Crippen MR) is 72.6 cm³/mol. The zero-order chi connectivity index (χ0) is 12.4. The molecule has 0 aliphatic carbocycles. The van der Waals surface area contributed by atoms with Gasteiger partial charge in [-0.05, 0) is 38.1 Å². The first kappa shape index (κ1) is 11.5. The highest BCUT2D eigenvalue weighted by Gasteiger charge is 2.19. The number of H-pyrrole nitrogens is 1. The van der Waals surface area contributed by atoms with E-state index in [2.05, 4.69) is 32.1 Å². The fourth-order valence-electron chi connectivity index (χ4n) is 2.57. The van der Waals surface area contributed by atoms with Crippen molar-refractivity contribution in [3.63, 3.8) is 0 Å². The minimum Gasteiger partial charge on any atom is -0.352 e. The van der Waals surface area contributed by atoms with Gasteiger partial charge in [-0.2, -0.15) is 4.98 Å². The van der Waals surface area contributed by atoms with Crippen LogP contribution >= 0.6 is 0 Å². The number of pyridine rings is 1. The van der Waals surface area contributed by atoms with Crippen LogP contribution in [0.25, 0.3) is 11.2 Å². The molecule has 1 unspecified atom stereocenters. The lowest BCUT2D eigenvalue weighted by atomic mass is 10.1. The molecule has 2 N–H and O–H groups in total. The minimum absolute atomic E-state index is 0.485. The molecule has 0 spiro atoms. The Bertz CT molecular complexity index is 488. The number of nitrogens with one attached hydrogen (secondary N) is 2. The molecule has 2 aromatic heterocycles. The van der Waals surface area contributed by atoms with E-state index in [0.29, 0.717) is 6.04 Å². The Morgan fingerprint density at radius 3 is 3.33 bits per heavy atom. The van der Waals surface area contributed by atoms with Gasteiger partial charge in [0.2, 0.25) is 5.95 Å². The summed E-state index contributed by atoms with van der Waals surface area (Å²) in [5.41, 5.74) is 1.77. The van der Waals surface area contributed by atoms with Crippen molar-refractivity contribution in [2.75, 3.05) is 25.0 Å². The number of nitrogens with zero attached hydrogens (tertiary/aromatic N) is 3. The van der Waals surface area contributed by atoms with Crippen molar-refractivity contribution in [3.8, 4) is 0 Å². The number of fused-ring (bicyclic) bond motifs is 1. The van der Waals surface area contributed by atoms with Crippen molar-refractivity contribution in [3.05, 3.63) is 18.3 Å². The number of likely N-dealkylation sites (tertiary alicyclic amines) is 1. The van der Waals surface area contributed by atoms with Gasteiger partial charge in [0.05, 0.1) is 5.52 Å². The maximum absolute atomic E-state index is 4.46. The molecule has 0 aromatic carbocycles. The lowest BCUT2D eigenvalue weighted by Crippen LogP contribution is -2.42. The molecule has 1 fully saturated rings. The van der Waals surface area contributed by atoms with Gasteiger partial charge in [-0.15, -0.1) is 0 Å². The maximum Gasteiger partial charge on any atom is 0.202 e.